The normalized spacial score (nSPS) is 12.1. The Hall–Kier alpha value is -1.84. The molecule has 4 nitrogen and oxygen atoms in total. The van der Waals surface area contributed by atoms with Crippen molar-refractivity contribution in [3.05, 3.63) is 29.8 Å². The molecule has 1 atom stereocenters. The zero-order valence-electron chi connectivity index (χ0n) is 12.7. The van der Waals surface area contributed by atoms with E-state index in [-0.39, 0.29) is 17.7 Å². The number of rotatable bonds is 6. The number of aryl methyl sites for hydroxylation is 1. The Kier molecular flexibility index (Phi) is 6.22. The third-order valence-electron chi connectivity index (χ3n) is 3.07. The zero-order chi connectivity index (χ0) is 15.1. The highest BCUT2D eigenvalue weighted by Gasteiger charge is 2.22. The quantitative estimate of drug-likeness (QED) is 0.839. The fourth-order valence-corrected chi connectivity index (χ4v) is 2.02. The van der Waals surface area contributed by atoms with E-state index in [0.29, 0.717) is 0 Å². The molecule has 0 aliphatic heterocycles. The molecule has 2 N–H and O–H groups in total. The molecule has 0 aliphatic carbocycles. The van der Waals surface area contributed by atoms with Crippen LogP contribution in [0.1, 0.15) is 39.7 Å². The van der Waals surface area contributed by atoms with Crippen LogP contribution in [0, 0.1) is 5.92 Å². The minimum Gasteiger partial charge on any atom is -0.344 e. The van der Waals surface area contributed by atoms with E-state index in [4.69, 9.17) is 0 Å². The van der Waals surface area contributed by atoms with Gasteiger partial charge in [-0.15, -0.1) is 0 Å². The molecule has 1 unspecified atom stereocenters. The number of anilines is 1. The average molecular weight is 276 g/mol. The number of benzene rings is 1. The van der Waals surface area contributed by atoms with E-state index in [2.05, 4.69) is 17.6 Å². The first-order chi connectivity index (χ1) is 9.43. The minimum absolute atomic E-state index is 0.0401. The van der Waals surface area contributed by atoms with Crippen LogP contribution < -0.4 is 10.6 Å². The molecule has 0 aliphatic rings. The smallest absolute Gasteiger partial charge is 0.247 e. The molecule has 1 rings (SSSR count). The Labute approximate surface area is 121 Å². The van der Waals surface area contributed by atoms with E-state index in [1.807, 2.05) is 38.1 Å². The molecule has 0 spiro atoms. The summed E-state index contributed by atoms with van der Waals surface area (Å²) in [5, 5.41) is 5.52. The maximum Gasteiger partial charge on any atom is 0.247 e. The molecule has 4 heteroatoms. The Bertz CT molecular complexity index is 452. The van der Waals surface area contributed by atoms with Crippen LogP contribution in [0.3, 0.4) is 0 Å². The Morgan fingerprint density at radius 1 is 1.15 bits per heavy atom. The summed E-state index contributed by atoms with van der Waals surface area (Å²) in [6.07, 6.45) is 2.14. The molecule has 0 bridgehead atoms. The van der Waals surface area contributed by atoms with Gasteiger partial charge >= 0.3 is 0 Å². The van der Waals surface area contributed by atoms with Crippen molar-refractivity contribution in [1.82, 2.24) is 5.32 Å². The molecular weight excluding hydrogens is 252 g/mol. The van der Waals surface area contributed by atoms with Gasteiger partial charge in [0, 0.05) is 12.6 Å². The lowest BCUT2D eigenvalue weighted by molar-refractivity contribution is -0.126. The van der Waals surface area contributed by atoms with E-state index in [1.54, 1.807) is 0 Å². The summed E-state index contributed by atoms with van der Waals surface area (Å²) in [5.74, 6) is -0.339. The van der Waals surface area contributed by atoms with E-state index < -0.39 is 6.04 Å². The summed E-state index contributed by atoms with van der Waals surface area (Å²) in [6, 6.07) is 7.31. The molecule has 20 heavy (non-hydrogen) atoms. The van der Waals surface area contributed by atoms with Gasteiger partial charge in [-0.3, -0.25) is 9.59 Å². The van der Waals surface area contributed by atoms with Gasteiger partial charge < -0.3 is 10.6 Å². The van der Waals surface area contributed by atoms with Crippen molar-refractivity contribution in [2.45, 2.75) is 46.6 Å². The van der Waals surface area contributed by atoms with Gasteiger partial charge in [-0.05, 0) is 30.0 Å². The Balaban J connectivity index is 2.69. The van der Waals surface area contributed by atoms with Crippen molar-refractivity contribution in [2.75, 3.05) is 5.32 Å². The lowest BCUT2D eigenvalue weighted by atomic mass is 10.0. The maximum atomic E-state index is 12.2. The summed E-state index contributed by atoms with van der Waals surface area (Å²) in [5.41, 5.74) is 2.01. The summed E-state index contributed by atoms with van der Waals surface area (Å²) in [7, 11) is 0. The monoisotopic (exact) mass is 276 g/mol. The first kappa shape index (κ1) is 16.2. The van der Waals surface area contributed by atoms with Crippen LogP contribution in [-0.2, 0) is 16.0 Å². The van der Waals surface area contributed by atoms with Crippen molar-refractivity contribution >= 4 is 17.5 Å². The van der Waals surface area contributed by atoms with E-state index in [0.717, 1.165) is 18.5 Å². The van der Waals surface area contributed by atoms with Gasteiger partial charge in [-0.2, -0.15) is 0 Å². The SMILES string of the molecule is CCCc1ccc(NC(=O)C(NC(C)=O)C(C)C)cc1. The van der Waals surface area contributed by atoms with Crippen LogP contribution >= 0.6 is 0 Å². The second-order valence-corrected chi connectivity index (χ2v) is 5.36. The van der Waals surface area contributed by atoms with Crippen LogP contribution in [0.5, 0.6) is 0 Å². The predicted molar refractivity (Wildman–Crippen MR) is 81.5 cm³/mol. The highest BCUT2D eigenvalue weighted by atomic mass is 16.2. The first-order valence-corrected chi connectivity index (χ1v) is 7.11. The highest BCUT2D eigenvalue weighted by Crippen LogP contribution is 2.12. The van der Waals surface area contributed by atoms with Crippen LogP contribution in [0.25, 0.3) is 0 Å². The molecule has 1 aromatic carbocycles. The summed E-state index contributed by atoms with van der Waals surface area (Å²) < 4.78 is 0. The predicted octanol–water partition coefficient (Wildman–Crippen LogP) is 2.74. The van der Waals surface area contributed by atoms with E-state index in [1.165, 1.54) is 12.5 Å². The zero-order valence-corrected chi connectivity index (χ0v) is 12.7. The number of carbonyl (C=O) groups excluding carboxylic acids is 2. The van der Waals surface area contributed by atoms with Crippen LogP contribution in [-0.4, -0.2) is 17.9 Å². The number of amides is 2. The lowest BCUT2D eigenvalue weighted by Crippen LogP contribution is -2.46. The lowest BCUT2D eigenvalue weighted by Gasteiger charge is -2.21. The van der Waals surface area contributed by atoms with E-state index in [9.17, 15) is 9.59 Å². The van der Waals surface area contributed by atoms with Crippen molar-refractivity contribution in [1.29, 1.82) is 0 Å². The average Bonchev–Trinajstić information content (AvgIpc) is 2.38. The molecule has 110 valence electrons. The second kappa shape index (κ2) is 7.68. The molecular formula is C16H24N2O2. The number of hydrogen-bond acceptors (Lipinski definition) is 2. The summed E-state index contributed by atoms with van der Waals surface area (Å²) in [6.45, 7) is 7.37. The second-order valence-electron chi connectivity index (χ2n) is 5.36. The molecule has 0 heterocycles. The summed E-state index contributed by atoms with van der Waals surface area (Å²) >= 11 is 0. The van der Waals surface area contributed by atoms with Gasteiger partial charge in [-0.25, -0.2) is 0 Å². The Morgan fingerprint density at radius 2 is 1.75 bits per heavy atom. The van der Waals surface area contributed by atoms with Gasteiger partial charge in [0.25, 0.3) is 0 Å². The molecule has 0 aromatic heterocycles. The van der Waals surface area contributed by atoms with Gasteiger partial charge in [0.05, 0.1) is 0 Å². The van der Waals surface area contributed by atoms with Gasteiger partial charge in [0.2, 0.25) is 11.8 Å². The van der Waals surface area contributed by atoms with Crippen molar-refractivity contribution < 1.29 is 9.59 Å². The third-order valence-corrected chi connectivity index (χ3v) is 3.07. The molecule has 2 amide bonds. The fourth-order valence-electron chi connectivity index (χ4n) is 2.02. The maximum absolute atomic E-state index is 12.2. The van der Waals surface area contributed by atoms with Gasteiger partial charge in [0.15, 0.2) is 0 Å². The van der Waals surface area contributed by atoms with Crippen LogP contribution in [0.4, 0.5) is 5.69 Å². The van der Waals surface area contributed by atoms with Crippen molar-refractivity contribution in [2.24, 2.45) is 5.92 Å². The molecule has 0 radical (unpaired) electrons. The number of hydrogen-bond donors (Lipinski definition) is 2. The molecule has 1 aromatic rings. The topological polar surface area (TPSA) is 58.2 Å². The third kappa shape index (κ3) is 5.03. The molecule has 0 saturated heterocycles. The standard InChI is InChI=1S/C16H24N2O2/c1-5-6-13-7-9-14(10-8-13)18-16(20)15(11(2)3)17-12(4)19/h7-11,15H,5-6H2,1-4H3,(H,17,19)(H,18,20). The van der Waals surface area contributed by atoms with Gasteiger partial charge in [0.1, 0.15) is 6.04 Å². The minimum atomic E-state index is -0.511. The van der Waals surface area contributed by atoms with Crippen LogP contribution in [0.15, 0.2) is 24.3 Å². The number of carbonyl (C=O) groups is 2. The van der Waals surface area contributed by atoms with Crippen LogP contribution in [0.2, 0.25) is 0 Å². The largest absolute Gasteiger partial charge is 0.344 e. The van der Waals surface area contributed by atoms with Gasteiger partial charge in [-0.1, -0.05) is 39.3 Å². The molecule has 0 saturated carbocycles. The fraction of sp³-hybridized carbons (Fsp3) is 0.500. The van der Waals surface area contributed by atoms with Crippen molar-refractivity contribution in [3.8, 4) is 0 Å². The van der Waals surface area contributed by atoms with E-state index >= 15 is 0 Å². The number of nitrogens with one attached hydrogen (secondary N) is 2. The Morgan fingerprint density at radius 3 is 2.20 bits per heavy atom. The summed E-state index contributed by atoms with van der Waals surface area (Å²) in [4.78, 5) is 23.3. The molecule has 0 fully saturated rings. The van der Waals surface area contributed by atoms with Crippen molar-refractivity contribution in [3.63, 3.8) is 0 Å². The highest BCUT2D eigenvalue weighted by molar-refractivity contribution is 5.97. The first-order valence-electron chi connectivity index (χ1n) is 7.11.